The molecule has 0 aliphatic heterocycles. The molecule has 3 aromatic rings. The van der Waals surface area contributed by atoms with Crippen molar-refractivity contribution < 1.29 is 9.26 Å². The van der Waals surface area contributed by atoms with Crippen LogP contribution >= 0.6 is 0 Å². The van der Waals surface area contributed by atoms with Gasteiger partial charge in [0, 0.05) is 5.56 Å². The Morgan fingerprint density at radius 1 is 0.955 bits per heavy atom. The molecule has 0 N–H and O–H groups in total. The van der Waals surface area contributed by atoms with Gasteiger partial charge in [0.1, 0.15) is 5.75 Å². The van der Waals surface area contributed by atoms with E-state index in [-0.39, 0.29) is 0 Å². The number of ether oxygens (including phenoxy) is 1. The quantitative estimate of drug-likeness (QED) is 0.686. The van der Waals surface area contributed by atoms with Crippen LogP contribution in [-0.2, 0) is 0 Å². The first-order chi connectivity index (χ1) is 10.6. The third-order valence-corrected chi connectivity index (χ3v) is 3.87. The Morgan fingerprint density at radius 2 is 1.59 bits per heavy atom. The molecule has 0 bridgehead atoms. The average Bonchev–Trinajstić information content (AvgIpc) is 2.95. The molecule has 0 saturated heterocycles. The van der Waals surface area contributed by atoms with E-state index in [4.69, 9.17) is 9.26 Å². The van der Waals surface area contributed by atoms with Gasteiger partial charge in [0.25, 0.3) is 0 Å². The Morgan fingerprint density at radius 3 is 2.18 bits per heavy atom. The molecule has 0 radical (unpaired) electrons. The van der Waals surface area contributed by atoms with E-state index in [0.29, 0.717) is 0 Å². The van der Waals surface area contributed by atoms with E-state index in [9.17, 15) is 0 Å². The molecule has 1 aromatic heterocycles. The highest BCUT2D eigenvalue weighted by molar-refractivity contribution is 5.82. The van der Waals surface area contributed by atoms with Gasteiger partial charge in [-0.05, 0) is 61.7 Å². The highest BCUT2D eigenvalue weighted by Gasteiger charge is 2.16. The van der Waals surface area contributed by atoms with Gasteiger partial charge in [-0.1, -0.05) is 22.9 Å². The van der Waals surface area contributed by atoms with Crippen molar-refractivity contribution in [2.75, 3.05) is 7.11 Å². The fourth-order valence-corrected chi connectivity index (χ4v) is 2.97. The summed E-state index contributed by atoms with van der Waals surface area (Å²) in [6, 6.07) is 12.2. The Labute approximate surface area is 130 Å². The number of aryl methyl sites for hydroxylation is 3. The molecule has 0 fully saturated rings. The molecule has 0 aliphatic carbocycles. The third-order valence-electron chi connectivity index (χ3n) is 3.87. The summed E-state index contributed by atoms with van der Waals surface area (Å²) in [5, 5.41) is 4.02. The molecule has 0 spiro atoms. The maximum Gasteiger partial charge on any atom is 0.174 e. The highest BCUT2D eigenvalue weighted by atomic mass is 16.5. The molecule has 1 heterocycles. The first-order valence-electron chi connectivity index (χ1n) is 7.27. The van der Waals surface area contributed by atoms with Crippen molar-refractivity contribution in [3.05, 3.63) is 59.3 Å². The van der Waals surface area contributed by atoms with Crippen LogP contribution in [0.15, 0.2) is 47.1 Å². The van der Waals surface area contributed by atoms with Crippen LogP contribution in [-0.4, -0.2) is 12.3 Å². The molecule has 112 valence electrons. The van der Waals surface area contributed by atoms with Crippen LogP contribution in [0.5, 0.6) is 5.75 Å². The Balaban J connectivity index is 2.13. The number of benzene rings is 2. The van der Waals surface area contributed by atoms with Gasteiger partial charge in [-0.25, -0.2) is 0 Å². The van der Waals surface area contributed by atoms with Crippen molar-refractivity contribution >= 4 is 0 Å². The summed E-state index contributed by atoms with van der Waals surface area (Å²) in [5.41, 5.74) is 6.94. The zero-order valence-corrected chi connectivity index (χ0v) is 13.3. The molecule has 3 heteroatoms. The fourth-order valence-electron chi connectivity index (χ4n) is 2.97. The minimum absolute atomic E-state index is 0.790. The van der Waals surface area contributed by atoms with Crippen molar-refractivity contribution in [3.63, 3.8) is 0 Å². The van der Waals surface area contributed by atoms with Crippen LogP contribution in [0.1, 0.15) is 16.7 Å². The van der Waals surface area contributed by atoms with Gasteiger partial charge in [-0.15, -0.1) is 0 Å². The molecular formula is C19H19NO2. The second kappa shape index (κ2) is 5.68. The third kappa shape index (κ3) is 2.50. The van der Waals surface area contributed by atoms with Crippen LogP contribution in [0.2, 0.25) is 0 Å². The Hall–Kier alpha value is -2.55. The number of rotatable bonds is 3. The lowest BCUT2D eigenvalue weighted by molar-refractivity contribution is 0.414. The van der Waals surface area contributed by atoms with E-state index < -0.39 is 0 Å². The van der Waals surface area contributed by atoms with Crippen molar-refractivity contribution in [2.45, 2.75) is 20.8 Å². The van der Waals surface area contributed by atoms with Gasteiger partial charge in [0.05, 0.1) is 18.9 Å². The van der Waals surface area contributed by atoms with Gasteiger partial charge < -0.3 is 9.26 Å². The monoisotopic (exact) mass is 293 g/mol. The normalized spacial score (nSPS) is 10.7. The maximum absolute atomic E-state index is 5.53. The number of hydrogen-bond donors (Lipinski definition) is 0. The van der Waals surface area contributed by atoms with Crippen LogP contribution in [0, 0.1) is 20.8 Å². The molecule has 2 aromatic carbocycles. The van der Waals surface area contributed by atoms with Crippen LogP contribution in [0.3, 0.4) is 0 Å². The maximum atomic E-state index is 5.53. The van der Waals surface area contributed by atoms with E-state index in [1.165, 1.54) is 22.3 Å². The van der Waals surface area contributed by atoms with Gasteiger partial charge in [0.2, 0.25) is 0 Å². The second-order valence-corrected chi connectivity index (χ2v) is 5.57. The van der Waals surface area contributed by atoms with Crippen molar-refractivity contribution in [2.24, 2.45) is 0 Å². The number of hydrogen-bond acceptors (Lipinski definition) is 3. The first-order valence-corrected chi connectivity index (χ1v) is 7.27. The lowest BCUT2D eigenvalue weighted by atomic mass is 9.93. The molecule has 0 saturated carbocycles. The van der Waals surface area contributed by atoms with E-state index in [1.54, 1.807) is 13.3 Å². The molecule has 0 aliphatic rings. The second-order valence-electron chi connectivity index (χ2n) is 5.57. The van der Waals surface area contributed by atoms with Crippen molar-refractivity contribution in [1.29, 1.82) is 0 Å². The lowest BCUT2D eigenvalue weighted by Gasteiger charge is -2.11. The minimum atomic E-state index is 0.790. The summed E-state index contributed by atoms with van der Waals surface area (Å²) in [6.07, 6.45) is 1.80. The number of methoxy groups -OCH3 is 1. The largest absolute Gasteiger partial charge is 0.497 e. The summed E-state index contributed by atoms with van der Waals surface area (Å²) < 4.78 is 10.7. The first kappa shape index (κ1) is 14.4. The number of aromatic nitrogens is 1. The highest BCUT2D eigenvalue weighted by Crippen LogP contribution is 2.36. The predicted molar refractivity (Wildman–Crippen MR) is 88.1 cm³/mol. The predicted octanol–water partition coefficient (Wildman–Crippen LogP) is 4.94. The molecule has 22 heavy (non-hydrogen) atoms. The average molecular weight is 293 g/mol. The Bertz CT molecular complexity index is 778. The SMILES string of the molecule is COc1ccc(-c2oncc2-c2c(C)cc(C)cc2C)cc1. The van der Waals surface area contributed by atoms with E-state index in [1.807, 2.05) is 24.3 Å². The van der Waals surface area contributed by atoms with E-state index in [0.717, 1.165) is 22.6 Å². The summed E-state index contributed by atoms with van der Waals surface area (Å²) in [4.78, 5) is 0. The topological polar surface area (TPSA) is 35.3 Å². The van der Waals surface area contributed by atoms with Crippen LogP contribution < -0.4 is 4.74 Å². The summed E-state index contributed by atoms with van der Waals surface area (Å²) in [5.74, 6) is 1.62. The molecule has 3 nitrogen and oxygen atoms in total. The molecule has 0 unspecified atom stereocenters. The molecule has 0 atom stereocenters. The standard InChI is InChI=1S/C19H19NO2/c1-12-9-13(2)18(14(3)10-12)17-11-20-22-19(17)15-5-7-16(21-4)8-6-15/h5-11H,1-4H3. The summed E-state index contributed by atoms with van der Waals surface area (Å²) in [6.45, 7) is 6.36. The van der Waals surface area contributed by atoms with Crippen LogP contribution in [0.4, 0.5) is 0 Å². The van der Waals surface area contributed by atoms with Crippen molar-refractivity contribution in [1.82, 2.24) is 5.16 Å². The van der Waals surface area contributed by atoms with Gasteiger partial charge in [-0.3, -0.25) is 0 Å². The van der Waals surface area contributed by atoms with E-state index >= 15 is 0 Å². The summed E-state index contributed by atoms with van der Waals surface area (Å²) >= 11 is 0. The zero-order chi connectivity index (χ0) is 15.7. The smallest absolute Gasteiger partial charge is 0.174 e. The van der Waals surface area contributed by atoms with Gasteiger partial charge in [-0.2, -0.15) is 0 Å². The molecule has 3 rings (SSSR count). The van der Waals surface area contributed by atoms with Crippen molar-refractivity contribution in [3.8, 4) is 28.2 Å². The zero-order valence-electron chi connectivity index (χ0n) is 13.3. The lowest BCUT2D eigenvalue weighted by Crippen LogP contribution is -1.90. The molecule has 0 amide bonds. The fraction of sp³-hybridized carbons (Fsp3) is 0.211. The Kier molecular flexibility index (Phi) is 3.72. The van der Waals surface area contributed by atoms with E-state index in [2.05, 4.69) is 38.1 Å². The minimum Gasteiger partial charge on any atom is -0.497 e. The molecular weight excluding hydrogens is 274 g/mol. The summed E-state index contributed by atoms with van der Waals surface area (Å²) in [7, 11) is 1.66. The number of nitrogens with zero attached hydrogens (tertiary/aromatic N) is 1. The van der Waals surface area contributed by atoms with Gasteiger partial charge >= 0.3 is 0 Å². The van der Waals surface area contributed by atoms with Gasteiger partial charge in [0.15, 0.2) is 5.76 Å². The van der Waals surface area contributed by atoms with Crippen LogP contribution in [0.25, 0.3) is 22.5 Å².